The number of imide groups is 1. The average Bonchev–Trinajstić information content (AvgIpc) is 3.46. The second-order valence-corrected chi connectivity index (χ2v) is 11.4. The van der Waals surface area contributed by atoms with Crippen molar-refractivity contribution in [2.75, 3.05) is 31.2 Å². The Morgan fingerprint density at radius 3 is 2.61 bits per heavy atom. The van der Waals surface area contributed by atoms with Crippen LogP contribution in [0.2, 0.25) is 5.02 Å². The summed E-state index contributed by atoms with van der Waals surface area (Å²) in [6, 6.07) is 3.39. The molecule has 2 fully saturated rings. The van der Waals surface area contributed by atoms with Crippen LogP contribution in [0.25, 0.3) is 0 Å². The first kappa shape index (κ1) is 23.9. The molecule has 0 bridgehead atoms. The highest BCUT2D eigenvalue weighted by molar-refractivity contribution is 7.91. The molecule has 3 amide bonds. The lowest BCUT2D eigenvalue weighted by molar-refractivity contribution is -0.118. The molecule has 1 atom stereocenters. The molecule has 1 aliphatic carbocycles. The summed E-state index contributed by atoms with van der Waals surface area (Å²) in [6.07, 6.45) is 4.28. The number of unbranched alkanes of at least 4 members (excludes halogenated alkanes) is 2. The molecule has 2 aliphatic rings. The van der Waals surface area contributed by atoms with Crippen molar-refractivity contribution < 1.29 is 22.7 Å². The Bertz CT molecular complexity index is 930. The van der Waals surface area contributed by atoms with Crippen molar-refractivity contribution in [3.8, 4) is 5.75 Å². The Kier molecular flexibility index (Phi) is 7.86. The van der Waals surface area contributed by atoms with Gasteiger partial charge in [0.1, 0.15) is 12.3 Å². The SMILES string of the molecule is Cc1c(Cl)cc([C@@H](C)CS(=O)(=O)CCCCCN2CC(=O)NC2=O)cc1OCC1CC1. The molecule has 1 aliphatic heterocycles. The van der Waals surface area contributed by atoms with E-state index in [2.05, 4.69) is 5.32 Å². The monoisotopic (exact) mass is 470 g/mol. The van der Waals surface area contributed by atoms with E-state index in [1.54, 1.807) is 0 Å². The molecular formula is C22H31ClN2O5S. The Morgan fingerprint density at radius 1 is 1.23 bits per heavy atom. The van der Waals surface area contributed by atoms with Gasteiger partial charge in [0.2, 0.25) is 5.91 Å². The number of carbonyl (C=O) groups is 2. The van der Waals surface area contributed by atoms with Gasteiger partial charge in [0.15, 0.2) is 9.84 Å². The topological polar surface area (TPSA) is 92.8 Å². The van der Waals surface area contributed by atoms with Gasteiger partial charge in [-0.1, -0.05) is 24.9 Å². The first-order valence-electron chi connectivity index (χ1n) is 10.9. The van der Waals surface area contributed by atoms with E-state index in [0.29, 0.717) is 43.4 Å². The van der Waals surface area contributed by atoms with Crippen LogP contribution in [0.3, 0.4) is 0 Å². The molecule has 31 heavy (non-hydrogen) atoms. The number of nitrogens with one attached hydrogen (secondary N) is 1. The molecular weight excluding hydrogens is 440 g/mol. The van der Waals surface area contributed by atoms with Gasteiger partial charge >= 0.3 is 6.03 Å². The van der Waals surface area contributed by atoms with E-state index >= 15 is 0 Å². The van der Waals surface area contributed by atoms with Gasteiger partial charge in [-0.05, 0) is 62.1 Å². The Hall–Kier alpha value is -1.80. The maximum absolute atomic E-state index is 12.6. The number of hydrogen-bond donors (Lipinski definition) is 1. The maximum Gasteiger partial charge on any atom is 0.324 e. The molecule has 7 nitrogen and oxygen atoms in total. The van der Waals surface area contributed by atoms with Crippen LogP contribution in [0.4, 0.5) is 4.79 Å². The fraction of sp³-hybridized carbons (Fsp3) is 0.636. The van der Waals surface area contributed by atoms with Crippen LogP contribution in [-0.4, -0.2) is 56.5 Å². The molecule has 1 saturated heterocycles. The zero-order valence-corrected chi connectivity index (χ0v) is 19.7. The van der Waals surface area contributed by atoms with Crippen LogP contribution in [0.1, 0.15) is 56.1 Å². The number of rotatable bonds is 12. The smallest absolute Gasteiger partial charge is 0.324 e. The Balaban J connectivity index is 1.46. The van der Waals surface area contributed by atoms with Gasteiger partial charge in [0, 0.05) is 17.1 Å². The third-order valence-corrected chi connectivity index (χ3v) is 8.13. The molecule has 0 aromatic heterocycles. The number of benzene rings is 1. The van der Waals surface area contributed by atoms with E-state index in [1.807, 2.05) is 26.0 Å². The number of halogens is 1. The van der Waals surface area contributed by atoms with Crippen LogP contribution in [-0.2, 0) is 14.6 Å². The second kappa shape index (κ2) is 10.2. The number of sulfone groups is 1. The van der Waals surface area contributed by atoms with Crippen molar-refractivity contribution in [1.29, 1.82) is 0 Å². The van der Waals surface area contributed by atoms with Crippen LogP contribution < -0.4 is 10.1 Å². The third-order valence-electron chi connectivity index (χ3n) is 5.81. The number of urea groups is 1. The summed E-state index contributed by atoms with van der Waals surface area (Å²) in [4.78, 5) is 24.1. The van der Waals surface area contributed by atoms with Gasteiger partial charge < -0.3 is 9.64 Å². The van der Waals surface area contributed by atoms with Gasteiger partial charge in [-0.25, -0.2) is 13.2 Å². The summed E-state index contributed by atoms with van der Waals surface area (Å²) >= 11 is 6.37. The lowest BCUT2D eigenvalue weighted by Crippen LogP contribution is -2.29. The minimum absolute atomic E-state index is 0.0531. The summed E-state index contributed by atoms with van der Waals surface area (Å²) < 4.78 is 31.1. The quantitative estimate of drug-likeness (QED) is 0.371. The van der Waals surface area contributed by atoms with E-state index in [1.165, 1.54) is 17.7 Å². The number of ether oxygens (including phenoxy) is 1. The molecule has 1 heterocycles. The predicted molar refractivity (Wildman–Crippen MR) is 120 cm³/mol. The molecule has 1 N–H and O–H groups in total. The standard InChI is InChI=1S/C22H31ClN2O5S/c1-15(18-10-19(23)16(2)20(11-18)30-13-17-6-7-17)14-31(28,29)9-5-3-4-8-25-12-21(26)24-22(25)27/h10-11,15,17H,3-9,12-14H2,1-2H3,(H,24,26,27)/t15-/m0/s1. The lowest BCUT2D eigenvalue weighted by Gasteiger charge is -2.17. The Morgan fingerprint density at radius 2 is 1.97 bits per heavy atom. The van der Waals surface area contributed by atoms with Crippen LogP contribution >= 0.6 is 11.6 Å². The highest BCUT2D eigenvalue weighted by atomic mass is 35.5. The molecule has 0 spiro atoms. The zero-order chi connectivity index (χ0) is 22.6. The van der Waals surface area contributed by atoms with Crippen molar-refractivity contribution in [2.24, 2.45) is 5.92 Å². The molecule has 1 aromatic rings. The van der Waals surface area contributed by atoms with E-state index in [9.17, 15) is 18.0 Å². The number of amides is 3. The molecule has 1 aromatic carbocycles. The largest absolute Gasteiger partial charge is 0.493 e. The van der Waals surface area contributed by atoms with E-state index in [-0.39, 0.29) is 35.9 Å². The summed E-state index contributed by atoms with van der Waals surface area (Å²) in [6.45, 7) is 5.03. The lowest BCUT2D eigenvalue weighted by atomic mass is 10.0. The van der Waals surface area contributed by atoms with E-state index in [4.69, 9.17) is 16.3 Å². The second-order valence-electron chi connectivity index (χ2n) is 8.73. The van der Waals surface area contributed by atoms with Gasteiger partial charge in [-0.2, -0.15) is 0 Å². The molecule has 9 heteroatoms. The van der Waals surface area contributed by atoms with Crippen molar-refractivity contribution in [3.05, 3.63) is 28.3 Å². The normalized spacial score (nSPS) is 17.7. The molecule has 0 radical (unpaired) electrons. The highest BCUT2D eigenvalue weighted by Crippen LogP contribution is 2.34. The molecule has 172 valence electrons. The van der Waals surface area contributed by atoms with Crippen molar-refractivity contribution in [2.45, 2.75) is 51.9 Å². The first-order chi connectivity index (χ1) is 14.6. The maximum atomic E-state index is 12.6. The van der Waals surface area contributed by atoms with E-state index < -0.39 is 9.84 Å². The van der Waals surface area contributed by atoms with Crippen molar-refractivity contribution in [3.63, 3.8) is 0 Å². The highest BCUT2D eigenvalue weighted by Gasteiger charge is 2.26. The summed E-state index contributed by atoms with van der Waals surface area (Å²) in [5.41, 5.74) is 1.75. The van der Waals surface area contributed by atoms with Crippen molar-refractivity contribution in [1.82, 2.24) is 10.2 Å². The van der Waals surface area contributed by atoms with Gasteiger partial charge in [-0.3, -0.25) is 10.1 Å². The number of hydrogen-bond acceptors (Lipinski definition) is 5. The average molecular weight is 471 g/mol. The summed E-state index contributed by atoms with van der Waals surface area (Å²) in [7, 11) is -3.23. The predicted octanol–water partition coefficient (Wildman–Crippen LogP) is 3.68. The van der Waals surface area contributed by atoms with Crippen LogP contribution in [0, 0.1) is 12.8 Å². The van der Waals surface area contributed by atoms with E-state index in [0.717, 1.165) is 16.9 Å². The first-order valence-corrected chi connectivity index (χ1v) is 13.1. The van der Waals surface area contributed by atoms with Gasteiger partial charge in [-0.15, -0.1) is 0 Å². The van der Waals surface area contributed by atoms with Gasteiger partial charge in [0.25, 0.3) is 0 Å². The minimum Gasteiger partial charge on any atom is -0.493 e. The fourth-order valence-corrected chi connectivity index (χ4v) is 5.61. The van der Waals surface area contributed by atoms with Crippen LogP contribution in [0.15, 0.2) is 12.1 Å². The Labute approximate surface area is 189 Å². The zero-order valence-electron chi connectivity index (χ0n) is 18.2. The molecule has 3 rings (SSSR count). The van der Waals surface area contributed by atoms with Crippen molar-refractivity contribution >= 4 is 33.4 Å². The summed E-state index contributed by atoms with van der Waals surface area (Å²) in [5, 5.41) is 2.83. The number of carbonyl (C=O) groups excluding carboxylic acids is 2. The van der Waals surface area contributed by atoms with Gasteiger partial charge in [0.05, 0.1) is 18.1 Å². The summed E-state index contributed by atoms with van der Waals surface area (Å²) in [5.74, 6) is 1.04. The minimum atomic E-state index is -3.23. The number of nitrogens with zero attached hydrogens (tertiary/aromatic N) is 1. The third kappa shape index (κ3) is 7.10. The molecule has 1 saturated carbocycles. The molecule has 0 unspecified atom stereocenters. The van der Waals surface area contributed by atoms with Crippen LogP contribution in [0.5, 0.6) is 5.75 Å². The fourth-order valence-electron chi connectivity index (χ4n) is 3.63.